The zero-order valence-electron chi connectivity index (χ0n) is 18.9. The number of aryl methyl sites for hydroxylation is 2. The smallest absolute Gasteiger partial charge is 0.261 e. The molecule has 0 aliphatic carbocycles. The van der Waals surface area contributed by atoms with E-state index in [1.807, 2.05) is 37.3 Å². The van der Waals surface area contributed by atoms with Crippen LogP contribution >= 0.6 is 0 Å². The summed E-state index contributed by atoms with van der Waals surface area (Å²) < 4.78 is 28.3. The Kier molecular flexibility index (Phi) is 7.36. The van der Waals surface area contributed by atoms with Crippen LogP contribution in [0, 0.1) is 19.8 Å². The minimum atomic E-state index is -3.76. The van der Waals surface area contributed by atoms with Crippen LogP contribution in [0.1, 0.15) is 53.4 Å². The van der Waals surface area contributed by atoms with Gasteiger partial charge in [0.1, 0.15) is 0 Å². The van der Waals surface area contributed by atoms with Gasteiger partial charge < -0.3 is 5.32 Å². The minimum absolute atomic E-state index is 0.127. The first-order valence-electron chi connectivity index (χ1n) is 10.7. The predicted molar refractivity (Wildman–Crippen MR) is 129 cm³/mol. The second-order valence-electron chi connectivity index (χ2n) is 8.51. The Morgan fingerprint density at radius 3 is 2.19 bits per heavy atom. The highest BCUT2D eigenvalue weighted by atomic mass is 32.2. The molecule has 0 fully saturated rings. The molecule has 168 valence electrons. The molecule has 0 aromatic heterocycles. The Labute approximate surface area is 190 Å². The summed E-state index contributed by atoms with van der Waals surface area (Å²) >= 11 is 0. The molecule has 0 heterocycles. The fourth-order valence-corrected chi connectivity index (χ4v) is 4.59. The molecule has 0 radical (unpaired) electrons. The van der Waals surface area contributed by atoms with E-state index in [0.29, 0.717) is 17.2 Å². The fourth-order valence-electron chi connectivity index (χ4n) is 3.47. The van der Waals surface area contributed by atoms with Crippen LogP contribution in [0.15, 0.2) is 77.7 Å². The first kappa shape index (κ1) is 23.5. The van der Waals surface area contributed by atoms with Crippen LogP contribution < -0.4 is 10.0 Å². The van der Waals surface area contributed by atoms with Crippen LogP contribution in [0.25, 0.3) is 0 Å². The fraction of sp³-hybridized carbons (Fsp3) is 0.269. The number of hydrogen-bond acceptors (Lipinski definition) is 3. The average Bonchev–Trinajstić information content (AvgIpc) is 2.75. The minimum Gasteiger partial charge on any atom is -0.345 e. The summed E-state index contributed by atoms with van der Waals surface area (Å²) in [5.74, 6) is 0.158. The summed E-state index contributed by atoms with van der Waals surface area (Å²) in [6.07, 6.45) is 0.800. The van der Waals surface area contributed by atoms with E-state index in [2.05, 4.69) is 23.9 Å². The van der Waals surface area contributed by atoms with Crippen LogP contribution in [0.5, 0.6) is 0 Å². The van der Waals surface area contributed by atoms with Gasteiger partial charge in [-0.15, -0.1) is 0 Å². The number of anilines is 1. The Hall–Kier alpha value is -3.12. The van der Waals surface area contributed by atoms with Crippen molar-refractivity contribution < 1.29 is 13.2 Å². The number of hydrogen-bond donors (Lipinski definition) is 2. The van der Waals surface area contributed by atoms with Gasteiger partial charge in [0.15, 0.2) is 0 Å². The highest BCUT2D eigenvalue weighted by Gasteiger charge is 2.19. The van der Waals surface area contributed by atoms with Gasteiger partial charge in [-0.3, -0.25) is 9.52 Å². The molecule has 0 saturated heterocycles. The lowest BCUT2D eigenvalue weighted by Crippen LogP contribution is -2.29. The zero-order chi connectivity index (χ0) is 23.3. The first-order valence-corrected chi connectivity index (χ1v) is 12.2. The summed E-state index contributed by atoms with van der Waals surface area (Å²) in [4.78, 5) is 13.2. The van der Waals surface area contributed by atoms with Gasteiger partial charge in [0.2, 0.25) is 0 Å². The van der Waals surface area contributed by atoms with Crippen molar-refractivity contribution in [2.45, 2.75) is 45.1 Å². The lowest BCUT2D eigenvalue weighted by atomic mass is 9.96. The van der Waals surface area contributed by atoms with Gasteiger partial charge in [-0.2, -0.15) is 0 Å². The number of rotatable bonds is 8. The van der Waals surface area contributed by atoms with Crippen LogP contribution in [0.2, 0.25) is 0 Å². The molecule has 0 aliphatic rings. The standard InChI is InChI=1S/C26H30N2O3S/c1-18(2)16-25(21-8-6-5-7-9-21)27-26(29)22-13-12-20(4)24(17-22)28-32(30,31)23-14-10-19(3)11-15-23/h5-15,17-18,25,28H,16H2,1-4H3,(H,27,29)/t25-/m1/s1. The van der Waals surface area contributed by atoms with Crippen LogP contribution in [-0.4, -0.2) is 14.3 Å². The predicted octanol–water partition coefficient (Wildman–Crippen LogP) is 5.62. The van der Waals surface area contributed by atoms with Gasteiger partial charge in [-0.05, 0) is 61.6 Å². The number of benzene rings is 3. The van der Waals surface area contributed by atoms with Gasteiger partial charge in [-0.1, -0.05) is 67.9 Å². The molecule has 0 saturated carbocycles. The van der Waals surface area contributed by atoms with Crippen molar-refractivity contribution in [2.24, 2.45) is 5.92 Å². The van der Waals surface area contributed by atoms with E-state index < -0.39 is 10.0 Å². The van der Waals surface area contributed by atoms with Crippen molar-refractivity contribution >= 4 is 21.6 Å². The highest BCUT2D eigenvalue weighted by Crippen LogP contribution is 2.24. The van der Waals surface area contributed by atoms with E-state index in [0.717, 1.165) is 23.1 Å². The maximum Gasteiger partial charge on any atom is 0.261 e. The maximum absolute atomic E-state index is 13.1. The largest absolute Gasteiger partial charge is 0.345 e. The normalized spacial score (nSPS) is 12.4. The highest BCUT2D eigenvalue weighted by molar-refractivity contribution is 7.92. The van der Waals surface area contributed by atoms with Crippen molar-refractivity contribution in [3.05, 3.63) is 95.1 Å². The number of carbonyl (C=O) groups excluding carboxylic acids is 1. The van der Waals surface area contributed by atoms with E-state index in [1.54, 1.807) is 49.4 Å². The van der Waals surface area contributed by atoms with Gasteiger partial charge in [0.25, 0.3) is 15.9 Å². The van der Waals surface area contributed by atoms with Crippen molar-refractivity contribution in [1.82, 2.24) is 5.32 Å². The molecule has 0 bridgehead atoms. The monoisotopic (exact) mass is 450 g/mol. The molecule has 3 rings (SSSR count). The Bertz CT molecular complexity index is 1170. The number of sulfonamides is 1. The van der Waals surface area contributed by atoms with E-state index >= 15 is 0 Å². The quantitative estimate of drug-likeness (QED) is 0.468. The van der Waals surface area contributed by atoms with E-state index in [4.69, 9.17) is 0 Å². The second kappa shape index (κ2) is 10.0. The summed E-state index contributed by atoms with van der Waals surface area (Å²) in [6, 6.07) is 21.4. The average molecular weight is 451 g/mol. The van der Waals surface area contributed by atoms with Gasteiger partial charge in [-0.25, -0.2) is 8.42 Å². The molecule has 0 aliphatic heterocycles. The molecule has 5 nitrogen and oxygen atoms in total. The topological polar surface area (TPSA) is 75.3 Å². The molecule has 3 aromatic rings. The van der Waals surface area contributed by atoms with Crippen molar-refractivity contribution in [3.8, 4) is 0 Å². The lowest BCUT2D eigenvalue weighted by Gasteiger charge is -2.21. The lowest BCUT2D eigenvalue weighted by molar-refractivity contribution is 0.0932. The molecule has 0 unspecified atom stereocenters. The summed E-state index contributed by atoms with van der Waals surface area (Å²) in [5, 5.41) is 3.11. The second-order valence-corrected chi connectivity index (χ2v) is 10.2. The molecule has 3 aromatic carbocycles. The molecular weight excluding hydrogens is 420 g/mol. The van der Waals surface area contributed by atoms with E-state index in [1.165, 1.54) is 0 Å². The third-order valence-corrected chi connectivity index (χ3v) is 6.67. The number of amides is 1. The van der Waals surface area contributed by atoms with Crippen molar-refractivity contribution in [1.29, 1.82) is 0 Å². The third kappa shape index (κ3) is 5.98. The molecule has 1 amide bonds. The van der Waals surface area contributed by atoms with Crippen LogP contribution in [0.3, 0.4) is 0 Å². The Morgan fingerprint density at radius 1 is 0.906 bits per heavy atom. The molecule has 2 N–H and O–H groups in total. The SMILES string of the molecule is Cc1ccc(S(=O)(=O)Nc2cc(C(=O)N[C@H](CC(C)C)c3ccccc3)ccc2C)cc1. The zero-order valence-corrected chi connectivity index (χ0v) is 19.7. The Balaban J connectivity index is 1.83. The molecule has 6 heteroatoms. The first-order chi connectivity index (χ1) is 15.2. The summed E-state index contributed by atoms with van der Waals surface area (Å²) in [6.45, 7) is 7.94. The number of carbonyl (C=O) groups is 1. The van der Waals surface area contributed by atoms with Gasteiger partial charge in [0.05, 0.1) is 16.6 Å². The molecule has 1 atom stereocenters. The molecule has 32 heavy (non-hydrogen) atoms. The molecular formula is C26H30N2O3S. The Morgan fingerprint density at radius 2 is 1.56 bits per heavy atom. The maximum atomic E-state index is 13.1. The summed E-state index contributed by atoms with van der Waals surface area (Å²) in [7, 11) is -3.76. The number of nitrogens with one attached hydrogen (secondary N) is 2. The van der Waals surface area contributed by atoms with Crippen molar-refractivity contribution in [3.63, 3.8) is 0 Å². The van der Waals surface area contributed by atoms with E-state index in [-0.39, 0.29) is 16.8 Å². The van der Waals surface area contributed by atoms with Gasteiger partial charge >= 0.3 is 0 Å². The van der Waals surface area contributed by atoms with Crippen LogP contribution in [-0.2, 0) is 10.0 Å². The third-order valence-electron chi connectivity index (χ3n) is 5.29. The van der Waals surface area contributed by atoms with Crippen molar-refractivity contribution in [2.75, 3.05) is 4.72 Å². The van der Waals surface area contributed by atoms with E-state index in [9.17, 15) is 13.2 Å². The van der Waals surface area contributed by atoms with Gasteiger partial charge in [0, 0.05) is 5.56 Å². The molecule has 0 spiro atoms. The summed E-state index contributed by atoms with van der Waals surface area (Å²) in [5.41, 5.74) is 3.55. The van der Waals surface area contributed by atoms with Crippen LogP contribution in [0.4, 0.5) is 5.69 Å².